The lowest BCUT2D eigenvalue weighted by atomic mass is 10.0. The molecule has 0 spiro atoms. The largest absolute Gasteiger partial charge is 0.497 e. The third-order valence-corrected chi connectivity index (χ3v) is 2.96. The van der Waals surface area contributed by atoms with Crippen LogP contribution in [0.25, 0.3) is 5.57 Å². The van der Waals surface area contributed by atoms with Crippen LogP contribution in [0.15, 0.2) is 23.8 Å². The van der Waals surface area contributed by atoms with Crippen LogP contribution in [0.3, 0.4) is 0 Å². The molecule has 0 radical (unpaired) electrons. The molecule has 19 heavy (non-hydrogen) atoms. The zero-order valence-electron chi connectivity index (χ0n) is 12.1. The number of methoxy groups -OCH3 is 2. The number of benzene rings is 1. The fraction of sp³-hybridized carbons (Fsp3) is 0.400. The normalized spacial score (nSPS) is 11.6. The van der Waals surface area contributed by atoms with Crippen molar-refractivity contribution >= 4 is 11.5 Å². The summed E-state index contributed by atoms with van der Waals surface area (Å²) >= 11 is 0. The van der Waals surface area contributed by atoms with Crippen molar-refractivity contribution in [2.45, 2.75) is 20.8 Å². The lowest BCUT2D eigenvalue weighted by Crippen LogP contribution is -2.07. The van der Waals surface area contributed by atoms with E-state index in [0.29, 0.717) is 23.7 Å². The molecule has 0 atom stereocenters. The molecule has 1 rings (SSSR count). The summed E-state index contributed by atoms with van der Waals surface area (Å²) in [5.41, 5.74) is 2.26. The Labute approximate surface area is 114 Å². The summed E-state index contributed by atoms with van der Waals surface area (Å²) in [6.07, 6.45) is 0. The lowest BCUT2D eigenvalue weighted by Gasteiger charge is -2.13. The molecule has 0 saturated heterocycles. The highest BCUT2D eigenvalue weighted by atomic mass is 16.5. The van der Waals surface area contributed by atoms with Gasteiger partial charge < -0.3 is 14.2 Å². The number of hydrogen-bond acceptors (Lipinski definition) is 4. The van der Waals surface area contributed by atoms with Gasteiger partial charge >= 0.3 is 5.97 Å². The molecular weight excluding hydrogens is 244 g/mol. The third-order valence-electron chi connectivity index (χ3n) is 2.96. The van der Waals surface area contributed by atoms with Gasteiger partial charge in [-0.05, 0) is 38.5 Å². The monoisotopic (exact) mass is 264 g/mol. The van der Waals surface area contributed by atoms with Gasteiger partial charge in [0.05, 0.1) is 20.8 Å². The van der Waals surface area contributed by atoms with Crippen molar-refractivity contribution in [1.82, 2.24) is 0 Å². The van der Waals surface area contributed by atoms with E-state index in [1.165, 1.54) is 0 Å². The van der Waals surface area contributed by atoms with E-state index in [9.17, 15) is 4.79 Å². The minimum atomic E-state index is -0.308. The predicted molar refractivity (Wildman–Crippen MR) is 74.4 cm³/mol. The molecule has 1 aromatic carbocycles. The van der Waals surface area contributed by atoms with Gasteiger partial charge in [-0.2, -0.15) is 0 Å². The molecule has 0 aromatic heterocycles. The Hall–Kier alpha value is -1.97. The van der Waals surface area contributed by atoms with E-state index in [4.69, 9.17) is 14.2 Å². The molecule has 0 N–H and O–H groups in total. The van der Waals surface area contributed by atoms with Crippen molar-refractivity contribution in [2.24, 2.45) is 0 Å². The van der Waals surface area contributed by atoms with Crippen LogP contribution in [0.1, 0.15) is 26.3 Å². The van der Waals surface area contributed by atoms with Crippen molar-refractivity contribution in [1.29, 1.82) is 0 Å². The zero-order valence-corrected chi connectivity index (χ0v) is 12.1. The summed E-state index contributed by atoms with van der Waals surface area (Å²) in [5.74, 6) is 1.07. The highest BCUT2D eigenvalue weighted by Gasteiger charge is 2.14. The van der Waals surface area contributed by atoms with Crippen molar-refractivity contribution in [3.05, 3.63) is 29.3 Å². The highest BCUT2D eigenvalue weighted by Crippen LogP contribution is 2.31. The molecule has 104 valence electrons. The van der Waals surface area contributed by atoms with E-state index < -0.39 is 0 Å². The first-order valence-corrected chi connectivity index (χ1v) is 6.12. The number of esters is 1. The highest BCUT2D eigenvalue weighted by molar-refractivity contribution is 5.97. The van der Waals surface area contributed by atoms with E-state index >= 15 is 0 Å². The molecule has 4 heteroatoms. The quantitative estimate of drug-likeness (QED) is 0.605. The van der Waals surface area contributed by atoms with Crippen LogP contribution in [-0.2, 0) is 9.53 Å². The van der Waals surface area contributed by atoms with E-state index in [0.717, 1.165) is 11.1 Å². The van der Waals surface area contributed by atoms with Crippen molar-refractivity contribution < 1.29 is 19.0 Å². The first-order valence-electron chi connectivity index (χ1n) is 6.12. The Balaban J connectivity index is 3.21. The second kappa shape index (κ2) is 6.83. The van der Waals surface area contributed by atoms with Crippen molar-refractivity contribution in [3.63, 3.8) is 0 Å². The SMILES string of the molecule is CCOC(=O)/C(C)=C(/C)c1ccc(OC)cc1OC. The third kappa shape index (κ3) is 3.50. The topological polar surface area (TPSA) is 44.8 Å². The Bertz CT molecular complexity index is 489. The maximum atomic E-state index is 11.7. The first kappa shape index (κ1) is 15.1. The van der Waals surface area contributed by atoms with Crippen LogP contribution in [-0.4, -0.2) is 26.8 Å². The number of allylic oxidation sites excluding steroid dienone is 1. The Kier molecular flexibility index (Phi) is 5.42. The fourth-order valence-corrected chi connectivity index (χ4v) is 1.70. The van der Waals surface area contributed by atoms with Crippen LogP contribution in [0, 0.1) is 0 Å². The molecule has 0 saturated carbocycles. The maximum Gasteiger partial charge on any atom is 0.333 e. The molecule has 4 nitrogen and oxygen atoms in total. The van der Waals surface area contributed by atoms with Crippen molar-refractivity contribution in [2.75, 3.05) is 20.8 Å². The molecular formula is C15H20O4. The summed E-state index contributed by atoms with van der Waals surface area (Å²) in [7, 11) is 3.19. The molecule has 0 fully saturated rings. The summed E-state index contributed by atoms with van der Waals surface area (Å²) in [6.45, 7) is 5.77. The zero-order chi connectivity index (χ0) is 14.4. The molecule has 0 heterocycles. The van der Waals surface area contributed by atoms with Crippen LogP contribution >= 0.6 is 0 Å². The van der Waals surface area contributed by atoms with Gasteiger partial charge in [-0.25, -0.2) is 4.79 Å². The fourth-order valence-electron chi connectivity index (χ4n) is 1.70. The van der Waals surface area contributed by atoms with Gasteiger partial charge in [0.2, 0.25) is 0 Å². The predicted octanol–water partition coefficient (Wildman–Crippen LogP) is 3.06. The summed E-state index contributed by atoms with van der Waals surface area (Å²) in [4.78, 5) is 11.7. The smallest absolute Gasteiger partial charge is 0.333 e. The standard InChI is InChI=1S/C15H20O4/c1-6-19-15(16)11(3)10(2)13-8-7-12(17-4)9-14(13)18-5/h7-9H,6H2,1-5H3/b11-10-. The van der Waals surface area contributed by atoms with E-state index in [-0.39, 0.29) is 5.97 Å². The average Bonchev–Trinajstić information content (AvgIpc) is 2.45. The van der Waals surface area contributed by atoms with Crippen LogP contribution < -0.4 is 9.47 Å². The number of rotatable bonds is 5. The Morgan fingerprint density at radius 2 is 1.84 bits per heavy atom. The Morgan fingerprint density at radius 1 is 1.16 bits per heavy atom. The molecule has 0 aliphatic rings. The molecule has 0 unspecified atom stereocenters. The lowest BCUT2D eigenvalue weighted by molar-refractivity contribution is -0.138. The van der Waals surface area contributed by atoms with E-state index in [1.54, 1.807) is 34.1 Å². The van der Waals surface area contributed by atoms with Crippen LogP contribution in [0.2, 0.25) is 0 Å². The Morgan fingerprint density at radius 3 is 2.37 bits per heavy atom. The van der Waals surface area contributed by atoms with Gasteiger partial charge in [-0.15, -0.1) is 0 Å². The van der Waals surface area contributed by atoms with E-state index in [2.05, 4.69) is 0 Å². The molecule has 0 amide bonds. The number of carbonyl (C=O) groups excluding carboxylic acids is 1. The van der Waals surface area contributed by atoms with Crippen LogP contribution in [0.4, 0.5) is 0 Å². The van der Waals surface area contributed by atoms with Gasteiger partial charge in [0.25, 0.3) is 0 Å². The van der Waals surface area contributed by atoms with Crippen molar-refractivity contribution in [3.8, 4) is 11.5 Å². The van der Waals surface area contributed by atoms with Gasteiger partial charge in [0.15, 0.2) is 0 Å². The van der Waals surface area contributed by atoms with Crippen LogP contribution in [0.5, 0.6) is 11.5 Å². The molecule has 0 aliphatic carbocycles. The maximum absolute atomic E-state index is 11.7. The van der Waals surface area contributed by atoms with Gasteiger partial charge in [0.1, 0.15) is 11.5 Å². The molecule has 0 aliphatic heterocycles. The summed E-state index contributed by atoms with van der Waals surface area (Å²) < 4.78 is 15.5. The minimum absolute atomic E-state index is 0.308. The van der Waals surface area contributed by atoms with E-state index in [1.807, 2.05) is 19.1 Å². The van der Waals surface area contributed by atoms with Gasteiger partial charge in [0, 0.05) is 17.2 Å². The number of hydrogen-bond donors (Lipinski definition) is 0. The average molecular weight is 264 g/mol. The van der Waals surface area contributed by atoms with Gasteiger partial charge in [-0.3, -0.25) is 0 Å². The minimum Gasteiger partial charge on any atom is -0.497 e. The number of ether oxygens (including phenoxy) is 3. The molecule has 0 bridgehead atoms. The van der Waals surface area contributed by atoms with Gasteiger partial charge in [-0.1, -0.05) is 0 Å². The first-order chi connectivity index (χ1) is 9.04. The molecule has 1 aromatic rings. The number of carbonyl (C=O) groups is 1. The summed E-state index contributed by atoms with van der Waals surface area (Å²) in [6, 6.07) is 5.49. The summed E-state index contributed by atoms with van der Waals surface area (Å²) in [5, 5.41) is 0. The second-order valence-corrected chi connectivity index (χ2v) is 4.04. The second-order valence-electron chi connectivity index (χ2n) is 4.04.